The zero-order chi connectivity index (χ0) is 16.4. The van der Waals surface area contributed by atoms with Crippen LogP contribution in [0.5, 0.6) is 0 Å². The van der Waals surface area contributed by atoms with Crippen LogP contribution in [0.2, 0.25) is 0 Å². The molecule has 2 atom stereocenters. The molecule has 1 fully saturated rings. The van der Waals surface area contributed by atoms with Gasteiger partial charge in [-0.15, -0.1) is 0 Å². The van der Waals surface area contributed by atoms with Crippen LogP contribution in [0.4, 0.5) is 4.39 Å². The third-order valence-electron chi connectivity index (χ3n) is 4.26. The lowest BCUT2D eigenvalue weighted by molar-refractivity contribution is 0.0784. The molecule has 0 saturated carbocycles. The molecule has 3 rings (SSSR count). The van der Waals surface area contributed by atoms with Crippen molar-refractivity contribution in [2.75, 3.05) is 19.7 Å². The Morgan fingerprint density at radius 1 is 1.48 bits per heavy atom. The normalized spacial score (nSPS) is 20.9. The van der Waals surface area contributed by atoms with Gasteiger partial charge in [0.15, 0.2) is 0 Å². The molecule has 6 nitrogen and oxygen atoms in total. The molecule has 0 spiro atoms. The highest BCUT2D eigenvalue weighted by molar-refractivity contribution is 5.99. The number of carbonyl (C=O) groups is 1. The highest BCUT2D eigenvalue weighted by Crippen LogP contribution is 2.26. The number of halogens is 1. The quantitative estimate of drug-likeness (QED) is 0.783. The fraction of sp³-hybridized carbons (Fsp3) is 0.375. The number of hydrogen-bond donors (Lipinski definition) is 3. The Kier molecular flexibility index (Phi) is 4.40. The van der Waals surface area contributed by atoms with Crippen molar-refractivity contribution in [2.24, 2.45) is 11.7 Å². The number of likely N-dealkylation sites (tertiary alicyclic amines) is 1. The highest BCUT2D eigenvalue weighted by Gasteiger charge is 2.34. The molecule has 1 aliphatic rings. The smallest absolute Gasteiger partial charge is 0.257 e. The SMILES string of the molecule is N[C@H]1CN(C(=O)c2cn[nH]c2-c2cccc(F)c2)C[C@@H]1CCO. The summed E-state index contributed by atoms with van der Waals surface area (Å²) in [7, 11) is 0. The number of aromatic amines is 1. The van der Waals surface area contributed by atoms with E-state index in [0.717, 1.165) is 0 Å². The van der Waals surface area contributed by atoms with E-state index in [1.54, 1.807) is 17.0 Å². The predicted octanol–water partition coefficient (Wildman–Crippen LogP) is 0.997. The van der Waals surface area contributed by atoms with E-state index in [0.29, 0.717) is 36.3 Å². The molecule has 0 unspecified atom stereocenters. The molecule has 1 aromatic heterocycles. The summed E-state index contributed by atoms with van der Waals surface area (Å²) in [6.07, 6.45) is 2.03. The summed E-state index contributed by atoms with van der Waals surface area (Å²) in [5.74, 6) is -0.468. The average molecular weight is 318 g/mol. The monoisotopic (exact) mass is 318 g/mol. The van der Waals surface area contributed by atoms with E-state index >= 15 is 0 Å². The van der Waals surface area contributed by atoms with E-state index in [9.17, 15) is 9.18 Å². The number of rotatable bonds is 4. The van der Waals surface area contributed by atoms with Gasteiger partial charge in [-0.25, -0.2) is 4.39 Å². The van der Waals surface area contributed by atoms with Crippen molar-refractivity contribution in [3.05, 3.63) is 41.8 Å². The second-order valence-electron chi connectivity index (χ2n) is 5.82. The molecule has 0 aliphatic carbocycles. The molecular formula is C16H19FN4O2. The Labute approximate surface area is 133 Å². The molecular weight excluding hydrogens is 299 g/mol. The molecule has 122 valence electrons. The Morgan fingerprint density at radius 3 is 3.04 bits per heavy atom. The van der Waals surface area contributed by atoms with Gasteiger partial charge in [0, 0.05) is 31.3 Å². The fourth-order valence-electron chi connectivity index (χ4n) is 3.02. The highest BCUT2D eigenvalue weighted by atomic mass is 19.1. The molecule has 7 heteroatoms. The number of amides is 1. The topological polar surface area (TPSA) is 95.2 Å². The molecule has 4 N–H and O–H groups in total. The lowest BCUT2D eigenvalue weighted by Gasteiger charge is -2.16. The van der Waals surface area contributed by atoms with Crippen LogP contribution in [-0.2, 0) is 0 Å². The first-order chi connectivity index (χ1) is 11.1. The Balaban J connectivity index is 1.83. The summed E-state index contributed by atoms with van der Waals surface area (Å²) in [6, 6.07) is 5.87. The molecule has 0 radical (unpaired) electrons. The van der Waals surface area contributed by atoms with Crippen molar-refractivity contribution >= 4 is 5.91 Å². The number of nitrogens with two attached hydrogens (primary N) is 1. The first-order valence-electron chi connectivity index (χ1n) is 7.55. The predicted molar refractivity (Wildman–Crippen MR) is 83.1 cm³/mol. The maximum atomic E-state index is 13.4. The van der Waals surface area contributed by atoms with E-state index in [2.05, 4.69) is 10.2 Å². The van der Waals surface area contributed by atoms with Gasteiger partial charge in [0.2, 0.25) is 0 Å². The van der Waals surface area contributed by atoms with Gasteiger partial charge < -0.3 is 15.7 Å². The molecule has 1 saturated heterocycles. The van der Waals surface area contributed by atoms with Gasteiger partial charge in [0.25, 0.3) is 5.91 Å². The zero-order valence-electron chi connectivity index (χ0n) is 12.6. The van der Waals surface area contributed by atoms with Crippen molar-refractivity contribution < 1.29 is 14.3 Å². The number of aliphatic hydroxyl groups is 1. The van der Waals surface area contributed by atoms with Gasteiger partial charge in [-0.3, -0.25) is 9.89 Å². The number of H-pyrrole nitrogens is 1. The summed E-state index contributed by atoms with van der Waals surface area (Å²) in [6.45, 7) is 1.01. The van der Waals surface area contributed by atoms with E-state index in [1.807, 2.05) is 0 Å². The van der Waals surface area contributed by atoms with Gasteiger partial charge in [-0.2, -0.15) is 5.10 Å². The maximum Gasteiger partial charge on any atom is 0.257 e. The van der Waals surface area contributed by atoms with Crippen LogP contribution in [-0.4, -0.2) is 51.8 Å². The molecule has 23 heavy (non-hydrogen) atoms. The minimum absolute atomic E-state index is 0.0562. The van der Waals surface area contributed by atoms with Crippen LogP contribution >= 0.6 is 0 Å². The van der Waals surface area contributed by atoms with Crippen molar-refractivity contribution in [1.82, 2.24) is 15.1 Å². The number of aliphatic hydroxyl groups excluding tert-OH is 1. The zero-order valence-corrected chi connectivity index (χ0v) is 12.6. The van der Waals surface area contributed by atoms with Crippen molar-refractivity contribution in [1.29, 1.82) is 0 Å². The number of aromatic nitrogens is 2. The maximum absolute atomic E-state index is 13.4. The van der Waals surface area contributed by atoms with Gasteiger partial charge in [-0.1, -0.05) is 12.1 Å². The van der Waals surface area contributed by atoms with Crippen LogP contribution in [0.1, 0.15) is 16.8 Å². The van der Waals surface area contributed by atoms with Gasteiger partial charge in [0.05, 0.1) is 17.5 Å². The Morgan fingerprint density at radius 2 is 2.30 bits per heavy atom. The Hall–Kier alpha value is -2.25. The molecule has 2 aromatic rings. The number of hydrogen-bond acceptors (Lipinski definition) is 4. The van der Waals surface area contributed by atoms with E-state index in [4.69, 9.17) is 10.8 Å². The molecule has 0 bridgehead atoms. The van der Waals surface area contributed by atoms with Gasteiger partial charge >= 0.3 is 0 Å². The summed E-state index contributed by atoms with van der Waals surface area (Å²) >= 11 is 0. The fourth-order valence-corrected chi connectivity index (χ4v) is 3.02. The number of nitrogens with zero attached hydrogens (tertiary/aromatic N) is 2. The average Bonchev–Trinajstić information content (AvgIpc) is 3.15. The van der Waals surface area contributed by atoms with Crippen LogP contribution in [0.25, 0.3) is 11.3 Å². The number of carbonyl (C=O) groups excluding carboxylic acids is 1. The second kappa shape index (κ2) is 6.47. The minimum atomic E-state index is -0.373. The van der Waals surface area contributed by atoms with Crippen LogP contribution < -0.4 is 5.73 Å². The summed E-state index contributed by atoms with van der Waals surface area (Å²) in [5, 5.41) is 15.8. The summed E-state index contributed by atoms with van der Waals surface area (Å²) in [4.78, 5) is 14.4. The van der Waals surface area contributed by atoms with Gasteiger partial charge in [-0.05, 0) is 24.5 Å². The molecule has 2 heterocycles. The van der Waals surface area contributed by atoms with Crippen molar-refractivity contribution in [2.45, 2.75) is 12.5 Å². The summed E-state index contributed by atoms with van der Waals surface area (Å²) < 4.78 is 13.4. The third kappa shape index (κ3) is 3.11. The van der Waals surface area contributed by atoms with E-state index in [-0.39, 0.29) is 30.3 Å². The Bertz CT molecular complexity index is 703. The van der Waals surface area contributed by atoms with Gasteiger partial charge in [0.1, 0.15) is 5.82 Å². The lowest BCUT2D eigenvalue weighted by atomic mass is 10.0. The number of nitrogens with one attached hydrogen (secondary N) is 1. The first kappa shape index (κ1) is 15.6. The van der Waals surface area contributed by atoms with Crippen molar-refractivity contribution in [3.63, 3.8) is 0 Å². The molecule has 1 aliphatic heterocycles. The van der Waals surface area contributed by atoms with Crippen LogP contribution in [0.3, 0.4) is 0 Å². The van der Waals surface area contributed by atoms with Crippen LogP contribution in [0, 0.1) is 11.7 Å². The largest absolute Gasteiger partial charge is 0.396 e. The number of benzene rings is 1. The molecule has 1 aromatic carbocycles. The third-order valence-corrected chi connectivity index (χ3v) is 4.26. The standard InChI is InChI=1S/C16H19FN4O2/c17-12-3-1-2-10(6-12)15-13(7-19-20-15)16(23)21-8-11(4-5-22)14(18)9-21/h1-3,6-7,11,14,22H,4-5,8-9,18H2,(H,19,20)/t11-,14-/m0/s1. The van der Waals surface area contributed by atoms with E-state index < -0.39 is 0 Å². The minimum Gasteiger partial charge on any atom is -0.396 e. The van der Waals surface area contributed by atoms with Crippen molar-refractivity contribution in [3.8, 4) is 11.3 Å². The molecule has 1 amide bonds. The second-order valence-corrected chi connectivity index (χ2v) is 5.82. The van der Waals surface area contributed by atoms with E-state index in [1.165, 1.54) is 18.3 Å². The summed E-state index contributed by atoms with van der Waals surface area (Å²) in [5.41, 5.74) is 7.50. The lowest BCUT2D eigenvalue weighted by Crippen LogP contribution is -2.32. The van der Waals surface area contributed by atoms with Crippen LogP contribution in [0.15, 0.2) is 30.5 Å². The first-order valence-corrected chi connectivity index (χ1v) is 7.55.